The molecular weight excluding hydrogens is 190 g/mol. The second-order valence-corrected chi connectivity index (χ2v) is 4.84. The molecule has 3 nitrogen and oxygen atoms in total. The average molecular weight is 213 g/mol. The Labute approximate surface area is 92.3 Å². The van der Waals surface area contributed by atoms with Gasteiger partial charge in [0, 0.05) is 6.04 Å². The Balaban J connectivity index is 2.52. The smallest absolute Gasteiger partial charge is 0.320 e. The molecule has 0 aromatic heterocycles. The van der Waals surface area contributed by atoms with Crippen molar-refractivity contribution in [2.24, 2.45) is 11.8 Å². The van der Waals surface area contributed by atoms with Gasteiger partial charge >= 0.3 is 5.97 Å². The van der Waals surface area contributed by atoms with Crippen molar-refractivity contribution in [2.45, 2.75) is 58.5 Å². The fourth-order valence-electron chi connectivity index (χ4n) is 2.44. The first-order valence-electron chi connectivity index (χ1n) is 6.05. The van der Waals surface area contributed by atoms with Crippen LogP contribution in [0.15, 0.2) is 0 Å². The second-order valence-electron chi connectivity index (χ2n) is 4.84. The molecule has 0 amide bonds. The van der Waals surface area contributed by atoms with E-state index >= 15 is 0 Å². The number of hydrogen-bond acceptors (Lipinski definition) is 2. The van der Waals surface area contributed by atoms with Gasteiger partial charge in [0.15, 0.2) is 0 Å². The Morgan fingerprint density at radius 3 is 2.67 bits per heavy atom. The van der Waals surface area contributed by atoms with Gasteiger partial charge in [-0.1, -0.05) is 33.6 Å². The third kappa shape index (κ3) is 3.20. The first-order chi connectivity index (χ1) is 7.06. The molecule has 0 bridgehead atoms. The van der Waals surface area contributed by atoms with Gasteiger partial charge in [0.05, 0.1) is 0 Å². The van der Waals surface area contributed by atoms with Crippen molar-refractivity contribution in [2.75, 3.05) is 0 Å². The Morgan fingerprint density at radius 1 is 1.47 bits per heavy atom. The van der Waals surface area contributed by atoms with Crippen LogP contribution in [0.25, 0.3) is 0 Å². The molecule has 88 valence electrons. The molecule has 1 saturated carbocycles. The van der Waals surface area contributed by atoms with Crippen molar-refractivity contribution in [3.8, 4) is 0 Å². The van der Waals surface area contributed by atoms with Gasteiger partial charge in [0.25, 0.3) is 0 Å². The van der Waals surface area contributed by atoms with E-state index in [-0.39, 0.29) is 6.04 Å². The summed E-state index contributed by atoms with van der Waals surface area (Å²) in [4.78, 5) is 10.9. The number of aliphatic carboxylic acids is 1. The van der Waals surface area contributed by atoms with Gasteiger partial charge in [-0.2, -0.15) is 0 Å². The Kier molecular flexibility index (Phi) is 4.58. The van der Waals surface area contributed by atoms with Crippen LogP contribution in [0.3, 0.4) is 0 Å². The Hall–Kier alpha value is -0.570. The highest BCUT2D eigenvalue weighted by atomic mass is 16.4. The highest BCUT2D eigenvalue weighted by Gasteiger charge is 2.29. The molecule has 4 atom stereocenters. The molecule has 0 radical (unpaired) electrons. The lowest BCUT2D eigenvalue weighted by Crippen LogP contribution is -2.48. The van der Waals surface area contributed by atoms with Crippen LogP contribution in [0, 0.1) is 11.8 Å². The minimum Gasteiger partial charge on any atom is -0.480 e. The van der Waals surface area contributed by atoms with Crippen LogP contribution < -0.4 is 5.32 Å². The van der Waals surface area contributed by atoms with Gasteiger partial charge in [-0.15, -0.1) is 0 Å². The van der Waals surface area contributed by atoms with Gasteiger partial charge in [-0.25, -0.2) is 0 Å². The summed E-state index contributed by atoms with van der Waals surface area (Å²) in [6, 6.07) is 0.0116. The third-order valence-electron chi connectivity index (χ3n) is 3.83. The van der Waals surface area contributed by atoms with E-state index in [1.165, 1.54) is 12.8 Å². The van der Waals surface area contributed by atoms with Crippen LogP contribution in [0.1, 0.15) is 46.5 Å². The summed E-state index contributed by atoms with van der Waals surface area (Å²) in [5.74, 6) is 0.581. The molecule has 0 heterocycles. The van der Waals surface area contributed by atoms with Gasteiger partial charge in [-0.05, 0) is 24.7 Å². The van der Waals surface area contributed by atoms with E-state index in [1.54, 1.807) is 0 Å². The summed E-state index contributed by atoms with van der Waals surface area (Å²) in [7, 11) is 0. The fraction of sp³-hybridized carbons (Fsp3) is 0.917. The number of carbonyl (C=O) groups is 1. The highest BCUT2D eigenvalue weighted by Crippen LogP contribution is 2.29. The van der Waals surface area contributed by atoms with Crippen molar-refractivity contribution in [1.82, 2.24) is 5.32 Å². The largest absolute Gasteiger partial charge is 0.480 e. The molecule has 1 aliphatic rings. The molecule has 1 aliphatic carbocycles. The van der Waals surface area contributed by atoms with Crippen LogP contribution in [-0.4, -0.2) is 23.2 Å². The minimum atomic E-state index is -0.720. The minimum absolute atomic E-state index is 0.372. The van der Waals surface area contributed by atoms with Crippen LogP contribution in [-0.2, 0) is 4.79 Å². The van der Waals surface area contributed by atoms with E-state index in [0.717, 1.165) is 6.42 Å². The SMILES string of the molecule is CCC(NC1CCCC(C)C1C)C(=O)O. The fourth-order valence-corrected chi connectivity index (χ4v) is 2.44. The number of nitrogens with one attached hydrogen (secondary N) is 1. The maximum atomic E-state index is 10.9. The van der Waals surface area contributed by atoms with E-state index in [0.29, 0.717) is 24.3 Å². The quantitative estimate of drug-likeness (QED) is 0.753. The molecular formula is C12H23NO2. The zero-order valence-corrected chi connectivity index (χ0v) is 9.99. The normalized spacial score (nSPS) is 33.7. The number of rotatable bonds is 4. The summed E-state index contributed by atoms with van der Waals surface area (Å²) in [5, 5.41) is 12.3. The third-order valence-corrected chi connectivity index (χ3v) is 3.83. The predicted molar refractivity (Wildman–Crippen MR) is 60.8 cm³/mol. The molecule has 0 saturated heterocycles. The van der Waals surface area contributed by atoms with E-state index in [1.807, 2.05) is 6.92 Å². The summed E-state index contributed by atoms with van der Waals surface area (Å²) in [5.41, 5.74) is 0. The van der Waals surface area contributed by atoms with E-state index in [9.17, 15) is 4.79 Å². The monoisotopic (exact) mass is 213 g/mol. The second kappa shape index (κ2) is 5.50. The molecule has 2 N–H and O–H groups in total. The Bertz CT molecular complexity index is 218. The molecule has 3 heteroatoms. The van der Waals surface area contributed by atoms with E-state index in [4.69, 9.17) is 5.11 Å². The lowest BCUT2D eigenvalue weighted by Gasteiger charge is -2.36. The first kappa shape index (κ1) is 12.5. The van der Waals surface area contributed by atoms with E-state index in [2.05, 4.69) is 19.2 Å². The summed E-state index contributed by atoms with van der Waals surface area (Å²) in [6.45, 7) is 6.42. The lowest BCUT2D eigenvalue weighted by atomic mass is 9.78. The molecule has 0 spiro atoms. The number of carboxylic acid groups (broad SMARTS) is 1. The summed E-state index contributed by atoms with van der Waals surface area (Å²) in [6.07, 6.45) is 4.28. The molecule has 15 heavy (non-hydrogen) atoms. The predicted octanol–water partition coefficient (Wildman–Crippen LogP) is 2.26. The molecule has 0 aromatic rings. The molecule has 0 aliphatic heterocycles. The zero-order valence-electron chi connectivity index (χ0n) is 9.99. The molecule has 4 unspecified atom stereocenters. The number of hydrogen-bond donors (Lipinski definition) is 2. The van der Waals surface area contributed by atoms with Crippen LogP contribution >= 0.6 is 0 Å². The first-order valence-corrected chi connectivity index (χ1v) is 6.05. The molecule has 1 fully saturated rings. The van der Waals surface area contributed by atoms with Crippen molar-refractivity contribution in [3.05, 3.63) is 0 Å². The maximum absolute atomic E-state index is 10.9. The van der Waals surface area contributed by atoms with Gasteiger partial charge in [-0.3, -0.25) is 4.79 Å². The molecule has 1 rings (SSSR count). The topological polar surface area (TPSA) is 49.3 Å². The maximum Gasteiger partial charge on any atom is 0.320 e. The number of carboxylic acids is 1. The van der Waals surface area contributed by atoms with Gasteiger partial charge in [0.1, 0.15) is 6.04 Å². The highest BCUT2D eigenvalue weighted by molar-refractivity contribution is 5.73. The van der Waals surface area contributed by atoms with Crippen LogP contribution in [0.2, 0.25) is 0 Å². The standard InChI is InChI=1S/C12H23NO2/c1-4-10(12(14)15)13-11-7-5-6-8(2)9(11)3/h8-11,13H,4-7H2,1-3H3,(H,14,15). The summed E-state index contributed by atoms with van der Waals surface area (Å²) < 4.78 is 0. The van der Waals surface area contributed by atoms with E-state index < -0.39 is 5.97 Å². The van der Waals surface area contributed by atoms with Gasteiger partial charge in [0.2, 0.25) is 0 Å². The molecule has 0 aromatic carbocycles. The summed E-state index contributed by atoms with van der Waals surface area (Å²) >= 11 is 0. The van der Waals surface area contributed by atoms with Crippen LogP contribution in [0.5, 0.6) is 0 Å². The Morgan fingerprint density at radius 2 is 2.13 bits per heavy atom. The van der Waals surface area contributed by atoms with Crippen molar-refractivity contribution < 1.29 is 9.90 Å². The lowest BCUT2D eigenvalue weighted by molar-refractivity contribution is -0.140. The van der Waals surface area contributed by atoms with Crippen LogP contribution in [0.4, 0.5) is 0 Å². The van der Waals surface area contributed by atoms with Crippen molar-refractivity contribution in [1.29, 1.82) is 0 Å². The van der Waals surface area contributed by atoms with Gasteiger partial charge < -0.3 is 10.4 Å². The average Bonchev–Trinajstić information content (AvgIpc) is 2.19. The van der Waals surface area contributed by atoms with Crippen molar-refractivity contribution >= 4 is 5.97 Å². The van der Waals surface area contributed by atoms with Crippen molar-refractivity contribution in [3.63, 3.8) is 0 Å². The zero-order chi connectivity index (χ0) is 11.4.